The molecule has 0 aliphatic carbocycles. The maximum absolute atomic E-state index is 13.2. The molecule has 1 heterocycles. The number of Topliss-reactive ketones (excluding diaryl/α,β-unsaturated/α-hetero) is 1. The third-order valence-electron chi connectivity index (χ3n) is 5.91. The largest absolute Gasteiger partial charge is 0.507 e. The lowest BCUT2D eigenvalue weighted by atomic mass is 9.94. The molecule has 2 aromatic rings. The minimum Gasteiger partial charge on any atom is -0.507 e. The molecule has 2 aromatic carbocycles. The molecule has 1 aliphatic rings. The number of aliphatic hydroxyl groups is 1. The highest BCUT2D eigenvalue weighted by atomic mass is 35.5. The molecule has 0 saturated carbocycles. The Bertz CT molecular complexity index is 1080. The van der Waals surface area contributed by atoms with E-state index in [2.05, 4.69) is 6.92 Å². The van der Waals surface area contributed by atoms with Gasteiger partial charge in [0.05, 0.1) is 29.3 Å². The van der Waals surface area contributed by atoms with Gasteiger partial charge in [0.25, 0.3) is 11.7 Å². The Kier molecular flexibility index (Phi) is 7.69. The minimum absolute atomic E-state index is 0.0501. The SMILES string of the molecule is CCCCCN1C(=O)C(=O)/C(=C(/O)c2cc(C)cc(Cl)c2OC)C1c1ccc(N(C)C)cc1. The van der Waals surface area contributed by atoms with Crippen molar-refractivity contribution >= 4 is 34.7 Å². The number of rotatable bonds is 8. The molecule has 1 atom stereocenters. The number of nitrogens with zero attached hydrogens (tertiary/aromatic N) is 2. The predicted molar refractivity (Wildman–Crippen MR) is 132 cm³/mol. The molecule has 0 aromatic heterocycles. The second kappa shape index (κ2) is 10.3. The molecule has 0 bridgehead atoms. The molecular weight excluding hydrogens is 440 g/mol. The predicted octanol–water partition coefficient (Wildman–Crippen LogP) is 5.33. The number of halogens is 1. The molecule has 1 unspecified atom stereocenters. The number of hydrogen-bond donors (Lipinski definition) is 1. The fraction of sp³-hybridized carbons (Fsp3) is 0.385. The molecule has 1 aliphatic heterocycles. The van der Waals surface area contributed by atoms with Crippen LogP contribution in [0.2, 0.25) is 5.02 Å². The average Bonchev–Trinajstić information content (AvgIpc) is 3.03. The van der Waals surface area contributed by atoms with Crippen molar-refractivity contribution in [2.75, 3.05) is 32.6 Å². The van der Waals surface area contributed by atoms with Gasteiger partial charge in [-0.1, -0.05) is 43.5 Å². The van der Waals surface area contributed by atoms with E-state index in [1.54, 1.807) is 17.0 Å². The van der Waals surface area contributed by atoms with E-state index in [4.69, 9.17) is 16.3 Å². The van der Waals surface area contributed by atoms with Crippen LogP contribution in [-0.2, 0) is 9.59 Å². The van der Waals surface area contributed by atoms with E-state index in [0.29, 0.717) is 17.1 Å². The van der Waals surface area contributed by atoms with Crippen molar-refractivity contribution in [3.63, 3.8) is 0 Å². The van der Waals surface area contributed by atoms with Crippen LogP contribution >= 0.6 is 11.6 Å². The first-order chi connectivity index (χ1) is 15.7. The normalized spacial score (nSPS) is 17.5. The maximum Gasteiger partial charge on any atom is 0.295 e. The van der Waals surface area contributed by atoms with Crippen LogP contribution in [0.3, 0.4) is 0 Å². The topological polar surface area (TPSA) is 70.1 Å². The highest BCUT2D eigenvalue weighted by Crippen LogP contribution is 2.43. The summed E-state index contributed by atoms with van der Waals surface area (Å²) < 4.78 is 5.42. The average molecular weight is 471 g/mol. The van der Waals surface area contributed by atoms with E-state index in [-0.39, 0.29) is 17.1 Å². The molecular formula is C26H31ClN2O4. The van der Waals surface area contributed by atoms with Gasteiger partial charge in [0.2, 0.25) is 0 Å². The van der Waals surface area contributed by atoms with Crippen molar-refractivity contribution in [1.82, 2.24) is 4.90 Å². The molecule has 7 heteroatoms. The first-order valence-electron chi connectivity index (χ1n) is 11.1. The summed E-state index contributed by atoms with van der Waals surface area (Å²) in [7, 11) is 5.34. The molecule has 0 radical (unpaired) electrons. The van der Waals surface area contributed by atoms with E-state index in [1.807, 2.05) is 50.2 Å². The summed E-state index contributed by atoms with van der Waals surface area (Å²) in [4.78, 5) is 29.8. The second-order valence-corrected chi connectivity index (χ2v) is 8.92. The Balaban J connectivity index is 2.20. The Morgan fingerprint density at radius 3 is 2.39 bits per heavy atom. The van der Waals surface area contributed by atoms with E-state index < -0.39 is 17.7 Å². The summed E-state index contributed by atoms with van der Waals surface area (Å²) in [5.41, 5.74) is 2.90. The van der Waals surface area contributed by atoms with Gasteiger partial charge in [-0.05, 0) is 48.7 Å². The third kappa shape index (κ3) is 4.86. The summed E-state index contributed by atoms with van der Waals surface area (Å²) in [5.74, 6) is -1.33. The smallest absolute Gasteiger partial charge is 0.295 e. The van der Waals surface area contributed by atoms with Crippen LogP contribution in [0.15, 0.2) is 42.0 Å². The lowest BCUT2D eigenvalue weighted by molar-refractivity contribution is -0.139. The van der Waals surface area contributed by atoms with Gasteiger partial charge in [0.15, 0.2) is 0 Å². The van der Waals surface area contributed by atoms with Crippen LogP contribution in [0.4, 0.5) is 5.69 Å². The first kappa shape index (κ1) is 24.6. The van der Waals surface area contributed by atoms with Crippen LogP contribution < -0.4 is 9.64 Å². The highest BCUT2D eigenvalue weighted by molar-refractivity contribution is 6.46. The van der Waals surface area contributed by atoms with Gasteiger partial charge in [-0.3, -0.25) is 9.59 Å². The number of carbonyl (C=O) groups is 2. The van der Waals surface area contributed by atoms with Gasteiger partial charge in [-0.25, -0.2) is 0 Å². The van der Waals surface area contributed by atoms with E-state index >= 15 is 0 Å². The van der Waals surface area contributed by atoms with Crippen molar-refractivity contribution < 1.29 is 19.4 Å². The van der Waals surface area contributed by atoms with Gasteiger partial charge in [0, 0.05) is 26.3 Å². The van der Waals surface area contributed by atoms with Crippen LogP contribution in [0.25, 0.3) is 5.76 Å². The van der Waals surface area contributed by atoms with Crippen molar-refractivity contribution in [2.45, 2.75) is 39.2 Å². The van der Waals surface area contributed by atoms with Gasteiger partial charge >= 0.3 is 0 Å². The minimum atomic E-state index is -0.703. The Hall–Kier alpha value is -2.99. The summed E-state index contributed by atoms with van der Waals surface area (Å²) >= 11 is 6.34. The van der Waals surface area contributed by atoms with E-state index in [9.17, 15) is 14.7 Å². The quantitative estimate of drug-likeness (QED) is 0.244. The maximum atomic E-state index is 13.2. The van der Waals surface area contributed by atoms with Crippen molar-refractivity contribution in [3.05, 3.63) is 63.7 Å². The zero-order valence-corrected chi connectivity index (χ0v) is 20.6. The van der Waals surface area contributed by atoms with Gasteiger partial charge in [-0.15, -0.1) is 0 Å². The number of ether oxygens (including phenoxy) is 1. The zero-order chi connectivity index (χ0) is 24.3. The van der Waals surface area contributed by atoms with Crippen LogP contribution in [0, 0.1) is 6.92 Å². The summed E-state index contributed by atoms with van der Waals surface area (Å²) in [6.07, 6.45) is 2.71. The number of aryl methyl sites for hydroxylation is 1. The number of unbranched alkanes of at least 4 members (excludes halogenated alkanes) is 2. The molecule has 1 amide bonds. The highest BCUT2D eigenvalue weighted by Gasteiger charge is 2.46. The zero-order valence-electron chi connectivity index (χ0n) is 19.8. The molecule has 1 saturated heterocycles. The van der Waals surface area contributed by atoms with E-state index in [1.165, 1.54) is 7.11 Å². The molecule has 1 N–H and O–H groups in total. The summed E-state index contributed by atoms with van der Waals surface area (Å²) in [6.45, 7) is 4.35. The fourth-order valence-corrected chi connectivity index (χ4v) is 4.55. The molecule has 1 fully saturated rings. The number of methoxy groups -OCH3 is 1. The molecule has 33 heavy (non-hydrogen) atoms. The van der Waals surface area contributed by atoms with Crippen molar-refractivity contribution in [2.24, 2.45) is 0 Å². The van der Waals surface area contributed by atoms with Gasteiger partial charge in [-0.2, -0.15) is 0 Å². The Morgan fingerprint density at radius 2 is 1.82 bits per heavy atom. The Morgan fingerprint density at radius 1 is 1.15 bits per heavy atom. The van der Waals surface area contributed by atoms with Gasteiger partial charge in [0.1, 0.15) is 11.5 Å². The van der Waals surface area contributed by atoms with Crippen molar-refractivity contribution in [3.8, 4) is 5.75 Å². The monoisotopic (exact) mass is 470 g/mol. The lowest BCUT2D eigenvalue weighted by Gasteiger charge is -2.26. The number of carbonyl (C=O) groups excluding carboxylic acids is 2. The van der Waals surface area contributed by atoms with Crippen molar-refractivity contribution in [1.29, 1.82) is 0 Å². The number of ketones is 1. The lowest BCUT2D eigenvalue weighted by Crippen LogP contribution is -2.30. The number of aliphatic hydroxyl groups excluding tert-OH is 1. The summed E-state index contributed by atoms with van der Waals surface area (Å²) in [6, 6.07) is 10.4. The van der Waals surface area contributed by atoms with Crippen LogP contribution in [-0.4, -0.2) is 49.4 Å². The van der Waals surface area contributed by atoms with Crippen LogP contribution in [0.5, 0.6) is 5.75 Å². The molecule has 0 spiro atoms. The van der Waals surface area contributed by atoms with E-state index in [0.717, 1.165) is 36.1 Å². The summed E-state index contributed by atoms with van der Waals surface area (Å²) in [5, 5.41) is 11.7. The number of anilines is 1. The second-order valence-electron chi connectivity index (χ2n) is 8.51. The number of benzene rings is 2. The first-order valence-corrected chi connectivity index (χ1v) is 11.5. The van der Waals surface area contributed by atoms with Gasteiger partial charge < -0.3 is 19.6 Å². The number of hydrogen-bond acceptors (Lipinski definition) is 5. The third-order valence-corrected chi connectivity index (χ3v) is 6.20. The standard InChI is InChI=1S/C26H31ClN2O4/c1-6-7-8-13-29-22(17-9-11-18(12-10-17)28(3)4)21(24(31)26(29)32)23(30)19-14-16(2)15-20(27)25(19)33-5/h9-12,14-15,22,30H,6-8,13H2,1-5H3/b23-21+. The molecule has 3 rings (SSSR count). The fourth-order valence-electron chi connectivity index (χ4n) is 4.20. The Labute approximate surface area is 200 Å². The number of amides is 1. The molecule has 176 valence electrons. The molecule has 6 nitrogen and oxygen atoms in total. The van der Waals surface area contributed by atoms with Crippen LogP contribution in [0.1, 0.15) is 48.9 Å². The number of likely N-dealkylation sites (tertiary alicyclic amines) is 1.